The van der Waals surface area contributed by atoms with Gasteiger partial charge in [0.25, 0.3) is 5.56 Å². The van der Waals surface area contributed by atoms with Crippen LogP contribution in [0.4, 0.5) is 0 Å². The van der Waals surface area contributed by atoms with Crippen LogP contribution >= 0.6 is 0 Å². The number of aryl methyl sites for hydroxylation is 3. The summed E-state index contributed by atoms with van der Waals surface area (Å²) < 4.78 is 1.88. The van der Waals surface area contributed by atoms with Crippen molar-refractivity contribution in [1.29, 1.82) is 0 Å². The fourth-order valence-corrected chi connectivity index (χ4v) is 2.99. The van der Waals surface area contributed by atoms with Crippen LogP contribution in [0.2, 0.25) is 0 Å². The molecular formula is C19H19NO. The van der Waals surface area contributed by atoms with Crippen molar-refractivity contribution in [2.75, 3.05) is 0 Å². The molecule has 0 unspecified atom stereocenters. The van der Waals surface area contributed by atoms with Crippen molar-refractivity contribution in [3.63, 3.8) is 0 Å². The lowest BCUT2D eigenvalue weighted by atomic mass is 10.0. The summed E-state index contributed by atoms with van der Waals surface area (Å²) in [5, 5.41) is 1.17. The van der Waals surface area contributed by atoms with E-state index in [0.29, 0.717) is 6.54 Å². The molecule has 1 aromatic heterocycles. The fourth-order valence-electron chi connectivity index (χ4n) is 2.99. The van der Waals surface area contributed by atoms with Crippen LogP contribution in [-0.2, 0) is 6.54 Å². The molecule has 0 fully saturated rings. The number of nitrogens with zero attached hydrogens (tertiary/aromatic N) is 1. The van der Waals surface area contributed by atoms with Crippen molar-refractivity contribution < 1.29 is 0 Å². The molecule has 0 atom stereocenters. The van der Waals surface area contributed by atoms with E-state index in [2.05, 4.69) is 38.1 Å². The van der Waals surface area contributed by atoms with E-state index in [1.165, 1.54) is 10.9 Å². The molecule has 0 spiro atoms. The van der Waals surface area contributed by atoms with Crippen molar-refractivity contribution in [1.82, 2.24) is 4.57 Å². The smallest absolute Gasteiger partial charge is 0.251 e. The van der Waals surface area contributed by atoms with Crippen LogP contribution < -0.4 is 5.56 Å². The number of aromatic nitrogens is 1. The Labute approximate surface area is 124 Å². The minimum Gasteiger partial charge on any atom is -0.304 e. The van der Waals surface area contributed by atoms with E-state index in [1.54, 1.807) is 6.07 Å². The summed E-state index contributed by atoms with van der Waals surface area (Å²) in [7, 11) is 0. The van der Waals surface area contributed by atoms with Crippen LogP contribution in [0.5, 0.6) is 0 Å². The Balaban J connectivity index is 2.29. The Hall–Kier alpha value is -2.35. The Kier molecular flexibility index (Phi) is 3.38. The normalized spacial score (nSPS) is 11.0. The van der Waals surface area contributed by atoms with Gasteiger partial charge in [0.15, 0.2) is 0 Å². The van der Waals surface area contributed by atoms with Gasteiger partial charge in [0.1, 0.15) is 0 Å². The largest absolute Gasteiger partial charge is 0.304 e. The third-order valence-electron chi connectivity index (χ3n) is 3.93. The lowest BCUT2D eigenvalue weighted by Crippen LogP contribution is -2.21. The average Bonchev–Trinajstić information content (AvgIpc) is 2.44. The van der Waals surface area contributed by atoms with Gasteiger partial charge in [-0.05, 0) is 43.5 Å². The molecule has 0 amide bonds. The Morgan fingerprint density at radius 2 is 1.62 bits per heavy atom. The molecule has 0 bridgehead atoms. The Morgan fingerprint density at radius 3 is 2.33 bits per heavy atom. The van der Waals surface area contributed by atoms with Crippen molar-refractivity contribution in [3.8, 4) is 0 Å². The second-order valence-electron chi connectivity index (χ2n) is 5.72. The van der Waals surface area contributed by atoms with Crippen LogP contribution in [0.1, 0.15) is 22.3 Å². The molecule has 1 heterocycles. The second kappa shape index (κ2) is 5.21. The van der Waals surface area contributed by atoms with Crippen LogP contribution in [0.3, 0.4) is 0 Å². The predicted octanol–water partition coefficient (Wildman–Crippen LogP) is 3.98. The van der Waals surface area contributed by atoms with E-state index in [1.807, 2.05) is 29.7 Å². The minimum atomic E-state index is 0.0656. The predicted molar refractivity (Wildman–Crippen MR) is 88.0 cm³/mol. The van der Waals surface area contributed by atoms with Gasteiger partial charge in [0, 0.05) is 11.5 Å². The molecule has 3 aromatic rings. The maximum atomic E-state index is 12.5. The number of rotatable bonds is 2. The molecule has 0 saturated carbocycles. The molecule has 0 aliphatic heterocycles. The third kappa shape index (κ3) is 2.49. The van der Waals surface area contributed by atoms with Gasteiger partial charge in [-0.3, -0.25) is 4.79 Å². The summed E-state index contributed by atoms with van der Waals surface area (Å²) in [6, 6.07) is 16.2. The summed E-state index contributed by atoms with van der Waals surface area (Å²) >= 11 is 0. The SMILES string of the molecule is Cc1cc(C)c2c(c1)c(C)cc(=O)n2Cc1ccccc1. The van der Waals surface area contributed by atoms with Crippen LogP contribution in [-0.4, -0.2) is 4.57 Å². The first-order valence-electron chi connectivity index (χ1n) is 7.21. The first-order chi connectivity index (χ1) is 10.1. The molecule has 0 aliphatic rings. The van der Waals surface area contributed by atoms with E-state index in [-0.39, 0.29) is 5.56 Å². The van der Waals surface area contributed by atoms with E-state index in [4.69, 9.17) is 0 Å². The van der Waals surface area contributed by atoms with Crippen LogP contribution in [0, 0.1) is 20.8 Å². The van der Waals surface area contributed by atoms with E-state index in [0.717, 1.165) is 22.2 Å². The molecule has 2 aromatic carbocycles. The van der Waals surface area contributed by atoms with Gasteiger partial charge >= 0.3 is 0 Å². The molecule has 2 heteroatoms. The van der Waals surface area contributed by atoms with Crippen LogP contribution in [0.15, 0.2) is 53.3 Å². The zero-order chi connectivity index (χ0) is 15.0. The van der Waals surface area contributed by atoms with Gasteiger partial charge in [0.05, 0.1) is 12.1 Å². The molecular weight excluding hydrogens is 258 g/mol. The molecule has 106 valence electrons. The molecule has 0 N–H and O–H groups in total. The Bertz CT molecular complexity index is 860. The monoisotopic (exact) mass is 277 g/mol. The highest BCUT2D eigenvalue weighted by molar-refractivity contribution is 5.86. The minimum absolute atomic E-state index is 0.0656. The maximum Gasteiger partial charge on any atom is 0.251 e. The van der Waals surface area contributed by atoms with Crippen molar-refractivity contribution >= 4 is 10.9 Å². The number of hydrogen-bond acceptors (Lipinski definition) is 1. The highest BCUT2D eigenvalue weighted by Gasteiger charge is 2.10. The highest BCUT2D eigenvalue weighted by atomic mass is 16.1. The van der Waals surface area contributed by atoms with E-state index in [9.17, 15) is 4.79 Å². The van der Waals surface area contributed by atoms with E-state index < -0.39 is 0 Å². The lowest BCUT2D eigenvalue weighted by Gasteiger charge is -2.15. The molecule has 0 radical (unpaired) electrons. The average molecular weight is 277 g/mol. The topological polar surface area (TPSA) is 22.0 Å². The van der Waals surface area contributed by atoms with Gasteiger partial charge in [-0.2, -0.15) is 0 Å². The lowest BCUT2D eigenvalue weighted by molar-refractivity contribution is 0.790. The summed E-state index contributed by atoms with van der Waals surface area (Å²) in [4.78, 5) is 12.5. The van der Waals surface area contributed by atoms with Crippen molar-refractivity contribution in [3.05, 3.63) is 81.1 Å². The molecule has 0 saturated heterocycles. The number of benzene rings is 2. The fraction of sp³-hybridized carbons (Fsp3) is 0.211. The van der Waals surface area contributed by atoms with Gasteiger partial charge < -0.3 is 4.57 Å². The van der Waals surface area contributed by atoms with Crippen molar-refractivity contribution in [2.45, 2.75) is 27.3 Å². The number of hydrogen-bond donors (Lipinski definition) is 0. The van der Waals surface area contributed by atoms with Gasteiger partial charge in [-0.1, -0.05) is 42.0 Å². The molecule has 3 rings (SSSR count). The number of pyridine rings is 1. The first kappa shape index (κ1) is 13.6. The summed E-state index contributed by atoms with van der Waals surface area (Å²) in [6.45, 7) is 6.80. The van der Waals surface area contributed by atoms with Gasteiger partial charge in [0.2, 0.25) is 0 Å². The number of fused-ring (bicyclic) bond motifs is 1. The molecule has 21 heavy (non-hydrogen) atoms. The maximum absolute atomic E-state index is 12.5. The zero-order valence-corrected chi connectivity index (χ0v) is 12.7. The third-order valence-corrected chi connectivity index (χ3v) is 3.93. The summed E-state index contributed by atoms with van der Waals surface area (Å²) in [6.07, 6.45) is 0. The van der Waals surface area contributed by atoms with Gasteiger partial charge in [-0.15, -0.1) is 0 Å². The first-order valence-corrected chi connectivity index (χ1v) is 7.21. The second-order valence-corrected chi connectivity index (χ2v) is 5.72. The summed E-state index contributed by atoms with van der Waals surface area (Å²) in [5.41, 5.74) is 5.69. The Morgan fingerprint density at radius 1 is 0.905 bits per heavy atom. The van der Waals surface area contributed by atoms with E-state index >= 15 is 0 Å². The highest BCUT2D eigenvalue weighted by Crippen LogP contribution is 2.23. The standard InChI is InChI=1S/C19H19NO/c1-13-9-15(3)19-17(10-13)14(2)11-18(21)20(19)12-16-7-5-4-6-8-16/h4-11H,12H2,1-3H3. The molecule has 2 nitrogen and oxygen atoms in total. The quantitative estimate of drug-likeness (QED) is 0.694. The molecule has 0 aliphatic carbocycles. The zero-order valence-electron chi connectivity index (χ0n) is 12.7. The van der Waals surface area contributed by atoms with Gasteiger partial charge in [-0.25, -0.2) is 0 Å². The summed E-state index contributed by atoms with van der Waals surface area (Å²) in [5.74, 6) is 0. The van der Waals surface area contributed by atoms with Crippen LogP contribution in [0.25, 0.3) is 10.9 Å². The van der Waals surface area contributed by atoms with Crippen molar-refractivity contribution in [2.24, 2.45) is 0 Å².